The minimum atomic E-state index is -0.173. The topological polar surface area (TPSA) is 94.8 Å². The van der Waals surface area contributed by atoms with Crippen molar-refractivity contribution in [1.82, 2.24) is 25.0 Å². The summed E-state index contributed by atoms with van der Waals surface area (Å²) in [7, 11) is 1.83. The van der Waals surface area contributed by atoms with Crippen LogP contribution >= 0.6 is 34.7 Å². The zero-order chi connectivity index (χ0) is 19.4. The summed E-state index contributed by atoms with van der Waals surface area (Å²) in [5.74, 6) is 1.39. The van der Waals surface area contributed by atoms with Gasteiger partial charge < -0.3 is 9.30 Å². The van der Waals surface area contributed by atoms with Crippen molar-refractivity contribution in [2.75, 3.05) is 11.1 Å². The quantitative estimate of drug-likeness (QED) is 0.581. The number of nitrogens with one attached hydrogen (secondary N) is 1. The summed E-state index contributed by atoms with van der Waals surface area (Å²) in [6.45, 7) is 4.01. The normalized spacial score (nSPS) is 10.8. The van der Waals surface area contributed by atoms with Crippen LogP contribution in [0.15, 0.2) is 23.4 Å². The molecule has 0 unspecified atom stereocenters. The van der Waals surface area contributed by atoms with Crippen molar-refractivity contribution < 1.29 is 9.53 Å². The number of amides is 1. The molecule has 142 valence electrons. The highest BCUT2D eigenvalue weighted by Gasteiger charge is 2.13. The van der Waals surface area contributed by atoms with Crippen LogP contribution in [0.25, 0.3) is 0 Å². The predicted molar refractivity (Wildman–Crippen MR) is 106 cm³/mol. The zero-order valence-corrected chi connectivity index (χ0v) is 17.3. The van der Waals surface area contributed by atoms with Crippen LogP contribution in [-0.2, 0) is 18.4 Å². The van der Waals surface area contributed by atoms with Crippen molar-refractivity contribution in [1.29, 1.82) is 0 Å². The first-order chi connectivity index (χ1) is 12.9. The third kappa shape index (κ3) is 5.18. The van der Waals surface area contributed by atoms with Crippen LogP contribution in [0.1, 0.15) is 16.4 Å². The maximum atomic E-state index is 12.0. The van der Waals surface area contributed by atoms with E-state index in [1.807, 2.05) is 27.0 Å². The minimum Gasteiger partial charge on any atom is -0.486 e. The summed E-state index contributed by atoms with van der Waals surface area (Å²) < 4.78 is 7.55. The molecule has 2 heterocycles. The number of carbonyl (C=O) groups is 1. The van der Waals surface area contributed by atoms with Crippen LogP contribution < -0.4 is 10.1 Å². The van der Waals surface area contributed by atoms with Crippen molar-refractivity contribution >= 4 is 45.7 Å². The molecule has 1 aromatic carbocycles. The van der Waals surface area contributed by atoms with Crippen molar-refractivity contribution in [3.63, 3.8) is 0 Å². The van der Waals surface area contributed by atoms with Crippen LogP contribution in [0, 0.1) is 13.8 Å². The van der Waals surface area contributed by atoms with Crippen molar-refractivity contribution in [3.8, 4) is 5.75 Å². The first-order valence-electron chi connectivity index (χ1n) is 7.92. The van der Waals surface area contributed by atoms with E-state index in [1.165, 1.54) is 23.1 Å². The molecule has 0 saturated heterocycles. The van der Waals surface area contributed by atoms with Gasteiger partial charge in [-0.15, -0.1) is 20.4 Å². The Morgan fingerprint density at radius 2 is 2.11 bits per heavy atom. The van der Waals surface area contributed by atoms with E-state index < -0.39 is 0 Å². The predicted octanol–water partition coefficient (Wildman–Crippen LogP) is 3.25. The van der Waals surface area contributed by atoms with Crippen LogP contribution in [-0.4, -0.2) is 36.6 Å². The Balaban J connectivity index is 1.53. The van der Waals surface area contributed by atoms with E-state index in [1.54, 1.807) is 16.7 Å². The number of hydrogen-bond acceptors (Lipinski definition) is 8. The SMILES string of the molecule is Cc1nnc(NC(=O)CSc2nnc(COc3ccc(Cl)c(C)c3)n2C)s1. The van der Waals surface area contributed by atoms with E-state index in [-0.39, 0.29) is 18.3 Å². The number of rotatable bonds is 7. The summed E-state index contributed by atoms with van der Waals surface area (Å²) in [4.78, 5) is 12.0. The van der Waals surface area contributed by atoms with Gasteiger partial charge in [0.05, 0.1) is 5.75 Å². The molecule has 1 amide bonds. The average molecular weight is 425 g/mol. The molecule has 1 N–H and O–H groups in total. The second kappa shape index (κ2) is 8.68. The van der Waals surface area contributed by atoms with Crippen molar-refractivity contribution in [2.45, 2.75) is 25.6 Å². The molecule has 11 heteroatoms. The van der Waals surface area contributed by atoms with Gasteiger partial charge in [-0.05, 0) is 37.6 Å². The fourth-order valence-electron chi connectivity index (χ4n) is 2.08. The molecule has 0 saturated carbocycles. The van der Waals surface area contributed by atoms with E-state index in [9.17, 15) is 4.79 Å². The molecule has 0 aliphatic rings. The average Bonchev–Trinajstić information content (AvgIpc) is 3.20. The number of halogens is 1. The van der Waals surface area contributed by atoms with Crippen molar-refractivity contribution in [3.05, 3.63) is 39.6 Å². The molecular weight excluding hydrogens is 408 g/mol. The third-order valence-corrected chi connectivity index (χ3v) is 5.73. The monoisotopic (exact) mass is 424 g/mol. The highest BCUT2D eigenvalue weighted by Crippen LogP contribution is 2.22. The van der Waals surface area contributed by atoms with E-state index in [4.69, 9.17) is 16.3 Å². The van der Waals surface area contributed by atoms with Crippen LogP contribution in [0.3, 0.4) is 0 Å². The molecule has 3 rings (SSSR count). The number of hydrogen-bond donors (Lipinski definition) is 1. The molecule has 0 aliphatic carbocycles. The lowest BCUT2D eigenvalue weighted by Gasteiger charge is -2.08. The Bertz CT molecular complexity index is 958. The highest BCUT2D eigenvalue weighted by atomic mass is 35.5. The van der Waals surface area contributed by atoms with Gasteiger partial charge in [-0.1, -0.05) is 34.7 Å². The standard InChI is InChI=1S/C16H17ClN6O2S2/c1-9-6-11(4-5-12(9)17)25-7-13-20-22-16(23(13)3)26-8-14(24)18-15-21-19-10(2)27-15/h4-6H,7-8H2,1-3H3,(H,18,21,24). The fraction of sp³-hybridized carbons (Fsp3) is 0.312. The van der Waals surface area contributed by atoms with Gasteiger partial charge in [-0.3, -0.25) is 10.1 Å². The van der Waals surface area contributed by atoms with Crippen LogP contribution in [0.4, 0.5) is 5.13 Å². The Hall–Kier alpha value is -2.17. The third-order valence-electron chi connectivity index (χ3n) is 3.53. The van der Waals surface area contributed by atoms with Crippen molar-refractivity contribution in [2.24, 2.45) is 7.05 Å². The number of aromatic nitrogens is 5. The lowest BCUT2D eigenvalue weighted by molar-refractivity contribution is -0.113. The van der Waals surface area contributed by atoms with Gasteiger partial charge in [0.15, 0.2) is 11.0 Å². The van der Waals surface area contributed by atoms with E-state index in [0.717, 1.165) is 10.6 Å². The van der Waals surface area contributed by atoms with E-state index in [0.29, 0.717) is 26.9 Å². The number of nitrogens with zero attached hydrogens (tertiary/aromatic N) is 5. The lowest BCUT2D eigenvalue weighted by Crippen LogP contribution is -2.14. The number of aryl methyl sites for hydroxylation is 2. The number of ether oxygens (including phenoxy) is 1. The van der Waals surface area contributed by atoms with Crippen LogP contribution in [0.2, 0.25) is 5.02 Å². The summed E-state index contributed by atoms with van der Waals surface area (Å²) >= 11 is 8.63. The van der Waals surface area contributed by atoms with Gasteiger partial charge in [-0.2, -0.15) is 0 Å². The molecule has 8 nitrogen and oxygen atoms in total. The Labute approximate surface area is 169 Å². The number of benzene rings is 1. The second-order valence-corrected chi connectivity index (χ2v) is 8.15. The van der Waals surface area contributed by atoms with Gasteiger partial charge in [0, 0.05) is 12.1 Å². The number of carbonyl (C=O) groups excluding carboxylic acids is 1. The Morgan fingerprint density at radius 1 is 1.30 bits per heavy atom. The molecule has 3 aromatic rings. The molecule has 2 aromatic heterocycles. The molecule has 0 spiro atoms. The Morgan fingerprint density at radius 3 is 2.81 bits per heavy atom. The number of thioether (sulfide) groups is 1. The van der Waals surface area contributed by atoms with Gasteiger partial charge in [0.25, 0.3) is 0 Å². The molecule has 27 heavy (non-hydrogen) atoms. The lowest BCUT2D eigenvalue weighted by atomic mass is 10.2. The zero-order valence-electron chi connectivity index (χ0n) is 14.9. The molecule has 0 bridgehead atoms. The fourth-order valence-corrected chi connectivity index (χ4v) is 3.54. The van der Waals surface area contributed by atoms with Crippen LogP contribution in [0.5, 0.6) is 5.75 Å². The maximum absolute atomic E-state index is 12.0. The highest BCUT2D eigenvalue weighted by molar-refractivity contribution is 7.99. The molecule has 0 aliphatic heterocycles. The smallest absolute Gasteiger partial charge is 0.236 e. The summed E-state index contributed by atoms with van der Waals surface area (Å²) in [6.07, 6.45) is 0. The minimum absolute atomic E-state index is 0.173. The Kier molecular flexibility index (Phi) is 6.30. The van der Waals surface area contributed by atoms with E-state index >= 15 is 0 Å². The number of anilines is 1. The maximum Gasteiger partial charge on any atom is 0.236 e. The second-order valence-electron chi connectivity index (χ2n) is 5.62. The molecule has 0 fully saturated rings. The molecule has 0 atom stereocenters. The molecular formula is C16H17ClN6O2S2. The first-order valence-corrected chi connectivity index (χ1v) is 10.1. The van der Waals surface area contributed by atoms with E-state index in [2.05, 4.69) is 25.7 Å². The van der Waals surface area contributed by atoms with Gasteiger partial charge in [0.1, 0.15) is 17.4 Å². The van der Waals surface area contributed by atoms with Gasteiger partial charge >= 0.3 is 0 Å². The largest absolute Gasteiger partial charge is 0.486 e. The first kappa shape index (κ1) is 19.6. The summed E-state index contributed by atoms with van der Waals surface area (Å²) in [6, 6.07) is 5.47. The summed E-state index contributed by atoms with van der Waals surface area (Å²) in [5, 5.41) is 21.3. The van der Waals surface area contributed by atoms with Gasteiger partial charge in [0.2, 0.25) is 11.0 Å². The summed E-state index contributed by atoms with van der Waals surface area (Å²) in [5.41, 5.74) is 0.944. The van der Waals surface area contributed by atoms with Gasteiger partial charge in [-0.25, -0.2) is 0 Å². The molecule has 0 radical (unpaired) electrons.